The lowest BCUT2D eigenvalue weighted by Gasteiger charge is -2.17. The highest BCUT2D eigenvalue weighted by Gasteiger charge is 2.32. The number of esters is 1. The van der Waals surface area contributed by atoms with E-state index < -0.39 is 40.4 Å². The Morgan fingerprint density at radius 1 is 1.44 bits per heavy atom. The maximum Gasteiger partial charge on any atom is 0.342 e. The van der Waals surface area contributed by atoms with Crippen molar-refractivity contribution in [1.29, 1.82) is 0 Å². The van der Waals surface area contributed by atoms with Crippen molar-refractivity contribution in [3.63, 3.8) is 0 Å². The molecular formula is C11H11ClF3NO2. The lowest BCUT2D eigenvalue weighted by Crippen LogP contribution is -2.32. The summed E-state index contributed by atoms with van der Waals surface area (Å²) >= 11 is 5.51. The first-order chi connectivity index (χ1) is 8.40. The first-order valence-corrected chi connectivity index (χ1v) is 5.47. The highest BCUT2D eigenvalue weighted by Crippen LogP contribution is 2.30. The number of carbonyl (C=O) groups excluding carboxylic acids is 1. The van der Waals surface area contributed by atoms with Gasteiger partial charge >= 0.3 is 5.97 Å². The van der Waals surface area contributed by atoms with Gasteiger partial charge in [-0.3, -0.25) is 0 Å². The SMILES string of the molecule is CCOC(=O)C(F)[C@@H](N)c1c(F)ccc(F)c1Cl. The van der Waals surface area contributed by atoms with Gasteiger partial charge in [-0.15, -0.1) is 0 Å². The van der Waals surface area contributed by atoms with Crippen molar-refractivity contribution in [3.8, 4) is 0 Å². The fraction of sp³-hybridized carbons (Fsp3) is 0.364. The van der Waals surface area contributed by atoms with Crippen molar-refractivity contribution >= 4 is 17.6 Å². The smallest absolute Gasteiger partial charge is 0.342 e. The number of ether oxygens (including phenoxy) is 1. The Morgan fingerprint density at radius 3 is 2.56 bits per heavy atom. The molecule has 1 aromatic carbocycles. The third kappa shape index (κ3) is 2.94. The van der Waals surface area contributed by atoms with Gasteiger partial charge in [-0.1, -0.05) is 11.6 Å². The number of benzene rings is 1. The number of halogens is 4. The number of carbonyl (C=O) groups is 1. The van der Waals surface area contributed by atoms with Crippen molar-refractivity contribution in [2.45, 2.75) is 19.1 Å². The number of rotatable bonds is 4. The molecule has 3 nitrogen and oxygen atoms in total. The zero-order valence-corrected chi connectivity index (χ0v) is 10.2. The molecule has 0 saturated carbocycles. The topological polar surface area (TPSA) is 52.3 Å². The largest absolute Gasteiger partial charge is 0.464 e. The molecule has 18 heavy (non-hydrogen) atoms. The van der Waals surface area contributed by atoms with Crippen LogP contribution in [0.3, 0.4) is 0 Å². The molecule has 0 radical (unpaired) electrons. The van der Waals surface area contributed by atoms with Crippen LogP contribution < -0.4 is 5.73 Å². The molecule has 0 aliphatic carbocycles. The molecule has 100 valence electrons. The highest BCUT2D eigenvalue weighted by atomic mass is 35.5. The van der Waals surface area contributed by atoms with E-state index in [0.717, 1.165) is 12.1 Å². The zero-order chi connectivity index (χ0) is 13.9. The fourth-order valence-corrected chi connectivity index (χ4v) is 1.64. The third-order valence-electron chi connectivity index (χ3n) is 2.24. The van der Waals surface area contributed by atoms with E-state index >= 15 is 0 Å². The summed E-state index contributed by atoms with van der Waals surface area (Å²) in [7, 11) is 0. The van der Waals surface area contributed by atoms with Crippen molar-refractivity contribution in [2.24, 2.45) is 5.73 Å². The molecule has 0 heterocycles. The van der Waals surface area contributed by atoms with Gasteiger partial charge < -0.3 is 10.5 Å². The van der Waals surface area contributed by atoms with E-state index in [4.69, 9.17) is 17.3 Å². The zero-order valence-electron chi connectivity index (χ0n) is 9.42. The van der Waals surface area contributed by atoms with Crippen LogP contribution in [0.15, 0.2) is 12.1 Å². The normalized spacial score (nSPS) is 14.1. The molecule has 0 spiro atoms. The molecule has 1 aromatic rings. The maximum absolute atomic E-state index is 13.6. The number of hydrogen-bond acceptors (Lipinski definition) is 3. The van der Waals surface area contributed by atoms with Gasteiger partial charge in [0.05, 0.1) is 17.7 Å². The van der Waals surface area contributed by atoms with E-state index in [0.29, 0.717) is 0 Å². The molecule has 2 atom stereocenters. The molecule has 0 amide bonds. The Hall–Kier alpha value is -1.27. The summed E-state index contributed by atoms with van der Waals surface area (Å²) in [5.74, 6) is -3.18. The standard InChI is InChI=1S/C11H11ClF3NO2/c1-2-18-11(17)9(15)10(16)7-5(13)3-4-6(14)8(7)12/h3-4,9-10H,2,16H2,1H3/t9?,10-/m0/s1. The first-order valence-electron chi connectivity index (χ1n) is 5.09. The van der Waals surface area contributed by atoms with E-state index in [9.17, 15) is 18.0 Å². The molecule has 0 saturated heterocycles. The summed E-state index contributed by atoms with van der Waals surface area (Å²) in [5, 5.41) is -0.644. The van der Waals surface area contributed by atoms with Crippen LogP contribution >= 0.6 is 11.6 Å². The summed E-state index contributed by atoms with van der Waals surface area (Å²) in [6.07, 6.45) is -2.32. The molecule has 1 rings (SSSR count). The van der Waals surface area contributed by atoms with Crippen LogP contribution in [0.5, 0.6) is 0 Å². The van der Waals surface area contributed by atoms with E-state index in [1.165, 1.54) is 6.92 Å². The minimum absolute atomic E-state index is 0.0503. The van der Waals surface area contributed by atoms with E-state index in [1.807, 2.05) is 0 Å². The summed E-state index contributed by atoms with van der Waals surface area (Å²) in [4.78, 5) is 11.1. The van der Waals surface area contributed by atoms with E-state index in [1.54, 1.807) is 0 Å². The third-order valence-corrected chi connectivity index (χ3v) is 2.62. The average Bonchev–Trinajstić information content (AvgIpc) is 2.33. The van der Waals surface area contributed by atoms with Crippen LogP contribution in [0.1, 0.15) is 18.5 Å². The minimum Gasteiger partial charge on any atom is -0.464 e. The van der Waals surface area contributed by atoms with Crippen molar-refractivity contribution < 1.29 is 22.7 Å². The first kappa shape index (κ1) is 14.8. The molecule has 0 aliphatic heterocycles. The van der Waals surface area contributed by atoms with Gasteiger partial charge in [-0.25, -0.2) is 18.0 Å². The molecule has 7 heteroatoms. The Bertz CT molecular complexity index is 456. The molecule has 0 bridgehead atoms. The molecule has 2 N–H and O–H groups in total. The molecule has 0 aromatic heterocycles. The van der Waals surface area contributed by atoms with E-state index in [2.05, 4.69) is 4.74 Å². The molecule has 0 fully saturated rings. The van der Waals surface area contributed by atoms with E-state index in [-0.39, 0.29) is 6.61 Å². The van der Waals surface area contributed by atoms with Crippen LogP contribution in [0, 0.1) is 11.6 Å². The number of nitrogens with two attached hydrogens (primary N) is 1. The van der Waals surface area contributed by atoms with Crippen LogP contribution in [0.4, 0.5) is 13.2 Å². The maximum atomic E-state index is 13.6. The number of alkyl halides is 1. The molecule has 0 aliphatic rings. The average molecular weight is 282 g/mol. The summed E-state index contributed by atoms with van der Waals surface area (Å²) < 4.78 is 44.6. The second-order valence-electron chi connectivity index (χ2n) is 3.44. The Labute approximate surface area is 107 Å². The van der Waals surface area contributed by atoms with Crippen LogP contribution in [0.25, 0.3) is 0 Å². The van der Waals surface area contributed by atoms with Gasteiger partial charge in [-0.05, 0) is 19.1 Å². The Morgan fingerprint density at radius 2 is 2.00 bits per heavy atom. The van der Waals surface area contributed by atoms with Gasteiger partial charge in [0, 0.05) is 5.56 Å². The Kier molecular flexibility index (Phi) is 4.98. The van der Waals surface area contributed by atoms with Gasteiger partial charge in [0.15, 0.2) is 0 Å². The van der Waals surface area contributed by atoms with Gasteiger partial charge in [0.25, 0.3) is 0 Å². The predicted molar refractivity (Wildman–Crippen MR) is 59.8 cm³/mol. The summed E-state index contributed by atoms with van der Waals surface area (Å²) in [5.41, 5.74) is 4.79. The van der Waals surface area contributed by atoms with Crippen LogP contribution in [0.2, 0.25) is 5.02 Å². The fourth-order valence-electron chi connectivity index (χ4n) is 1.36. The minimum atomic E-state index is -2.32. The lowest BCUT2D eigenvalue weighted by atomic mass is 10.0. The van der Waals surface area contributed by atoms with Gasteiger partial charge in [0.2, 0.25) is 6.17 Å². The van der Waals surface area contributed by atoms with Crippen molar-refractivity contribution in [2.75, 3.05) is 6.61 Å². The second-order valence-corrected chi connectivity index (χ2v) is 3.81. The predicted octanol–water partition coefficient (Wildman–Crippen LogP) is 2.52. The van der Waals surface area contributed by atoms with Crippen molar-refractivity contribution in [3.05, 3.63) is 34.4 Å². The monoisotopic (exact) mass is 281 g/mol. The van der Waals surface area contributed by atoms with Crippen LogP contribution in [-0.2, 0) is 9.53 Å². The van der Waals surface area contributed by atoms with Gasteiger partial charge in [-0.2, -0.15) is 0 Å². The van der Waals surface area contributed by atoms with Gasteiger partial charge in [0.1, 0.15) is 11.6 Å². The lowest BCUT2D eigenvalue weighted by molar-refractivity contribution is -0.149. The summed E-state index contributed by atoms with van der Waals surface area (Å²) in [6.45, 7) is 1.43. The molecule has 1 unspecified atom stereocenters. The second kappa shape index (κ2) is 6.06. The summed E-state index contributed by atoms with van der Waals surface area (Å²) in [6, 6.07) is -0.188. The quantitative estimate of drug-likeness (QED) is 0.681. The van der Waals surface area contributed by atoms with Crippen LogP contribution in [-0.4, -0.2) is 18.7 Å². The van der Waals surface area contributed by atoms with Crippen molar-refractivity contribution in [1.82, 2.24) is 0 Å². The highest BCUT2D eigenvalue weighted by molar-refractivity contribution is 6.31. The molecular weight excluding hydrogens is 271 g/mol. The number of hydrogen-bond donors (Lipinski definition) is 1. The Balaban J connectivity index is 3.07.